The summed E-state index contributed by atoms with van der Waals surface area (Å²) in [5.41, 5.74) is 5.47. The third-order valence-corrected chi connectivity index (χ3v) is 6.54. The van der Waals surface area contributed by atoms with Crippen LogP contribution in [0.25, 0.3) is 5.57 Å². The number of aromatic nitrogens is 1. The van der Waals surface area contributed by atoms with Gasteiger partial charge in [0.15, 0.2) is 0 Å². The molecule has 0 bridgehead atoms. The first kappa shape index (κ1) is 17.6. The summed E-state index contributed by atoms with van der Waals surface area (Å²) in [6.45, 7) is 6.60. The number of hydrogen-bond donors (Lipinski definition) is 0. The predicted molar refractivity (Wildman–Crippen MR) is 108 cm³/mol. The Kier molecular flexibility index (Phi) is 3.60. The van der Waals surface area contributed by atoms with Crippen LogP contribution in [0, 0.1) is 0 Å². The van der Waals surface area contributed by atoms with Gasteiger partial charge < -0.3 is 14.4 Å². The summed E-state index contributed by atoms with van der Waals surface area (Å²) in [6.07, 6.45) is 2.01. The minimum absolute atomic E-state index is 0.00599. The molecule has 0 fully saturated rings. The molecule has 2 amide bonds. The maximum Gasteiger partial charge on any atom is 0.257 e. The number of nitrogens with zero attached hydrogens (tertiary/aromatic N) is 3. The Bertz CT molecular complexity index is 1080. The van der Waals surface area contributed by atoms with E-state index in [1.165, 1.54) is 0 Å². The van der Waals surface area contributed by atoms with Crippen molar-refractivity contribution in [3.8, 4) is 0 Å². The first-order valence-corrected chi connectivity index (χ1v) is 9.98. The van der Waals surface area contributed by atoms with Crippen molar-refractivity contribution in [2.24, 2.45) is 0 Å². The Morgan fingerprint density at radius 3 is 2.57 bits per heavy atom. The monoisotopic (exact) mass is 395 g/mol. The van der Waals surface area contributed by atoms with Crippen LogP contribution in [-0.4, -0.2) is 45.8 Å². The molecule has 0 saturated carbocycles. The zero-order valence-electron chi connectivity index (χ0n) is 16.4. The fraction of sp³-hybridized carbons (Fsp3) is 0.364. The highest BCUT2D eigenvalue weighted by Gasteiger charge is 2.51. The van der Waals surface area contributed by atoms with Crippen LogP contribution in [0.3, 0.4) is 0 Å². The van der Waals surface area contributed by atoms with Crippen molar-refractivity contribution >= 4 is 29.0 Å². The lowest BCUT2D eigenvalue weighted by Crippen LogP contribution is -2.53. The van der Waals surface area contributed by atoms with Gasteiger partial charge >= 0.3 is 0 Å². The van der Waals surface area contributed by atoms with E-state index in [9.17, 15) is 9.59 Å². The fourth-order valence-electron chi connectivity index (χ4n) is 5.08. The number of carbonyl (C=O) groups is 2. The maximum atomic E-state index is 13.5. The van der Waals surface area contributed by atoms with Crippen LogP contribution in [0.1, 0.15) is 60.0 Å². The largest absolute Gasteiger partial charge is 0.346 e. The van der Waals surface area contributed by atoms with E-state index in [0.29, 0.717) is 17.1 Å². The van der Waals surface area contributed by atoms with Crippen molar-refractivity contribution in [3.63, 3.8) is 0 Å². The standard InChI is InChI=1S/C22H22ClN3O2/c1-11(2)25-8-7-15-19(25)20-14-6-5-13(23)9-16(14)18-12(3)21(27)24(4)10-17(18)26(20)22(15)28/h5-9,11,17,20H,10H2,1-4H3. The molecule has 5 rings (SSSR count). The molecule has 1 aromatic carbocycles. The normalized spacial score (nSPS) is 23.2. The Morgan fingerprint density at radius 2 is 1.86 bits per heavy atom. The summed E-state index contributed by atoms with van der Waals surface area (Å²) in [5.74, 6) is 0.0459. The molecule has 0 spiro atoms. The topological polar surface area (TPSA) is 45.6 Å². The molecular formula is C22H22ClN3O2. The van der Waals surface area contributed by atoms with Crippen molar-refractivity contribution in [2.45, 2.75) is 38.9 Å². The van der Waals surface area contributed by atoms with Gasteiger partial charge in [-0.05, 0) is 55.7 Å². The number of fused-ring (bicyclic) bond motifs is 8. The van der Waals surface area contributed by atoms with Crippen molar-refractivity contribution in [2.75, 3.05) is 13.6 Å². The minimum Gasteiger partial charge on any atom is -0.346 e. The van der Waals surface area contributed by atoms with E-state index in [0.717, 1.165) is 28.0 Å². The molecule has 5 nitrogen and oxygen atoms in total. The zero-order valence-corrected chi connectivity index (χ0v) is 17.1. The molecule has 0 saturated heterocycles. The van der Waals surface area contributed by atoms with Gasteiger partial charge in [0.05, 0.1) is 23.3 Å². The molecule has 1 aromatic heterocycles. The lowest BCUT2D eigenvalue weighted by molar-refractivity contribution is -0.127. The van der Waals surface area contributed by atoms with E-state index in [2.05, 4.69) is 18.4 Å². The molecule has 0 radical (unpaired) electrons. The molecule has 2 aromatic rings. The Balaban J connectivity index is 1.84. The van der Waals surface area contributed by atoms with Gasteiger partial charge in [-0.1, -0.05) is 17.7 Å². The second-order valence-electron chi connectivity index (χ2n) is 8.20. The summed E-state index contributed by atoms with van der Waals surface area (Å²) in [6, 6.07) is 7.69. The number of likely N-dealkylation sites (N-methyl/N-ethyl adjacent to an activating group) is 1. The molecule has 6 heteroatoms. The van der Waals surface area contributed by atoms with Crippen molar-refractivity contribution in [1.29, 1.82) is 0 Å². The van der Waals surface area contributed by atoms with Crippen LogP contribution in [-0.2, 0) is 4.79 Å². The predicted octanol–water partition coefficient (Wildman–Crippen LogP) is 3.90. The van der Waals surface area contributed by atoms with Gasteiger partial charge in [0, 0.05) is 36.4 Å². The number of rotatable bonds is 1. The van der Waals surface area contributed by atoms with Gasteiger partial charge in [-0.2, -0.15) is 0 Å². The molecule has 0 aliphatic carbocycles. The van der Waals surface area contributed by atoms with Crippen LogP contribution in [0.15, 0.2) is 36.0 Å². The fourth-order valence-corrected chi connectivity index (χ4v) is 5.25. The molecule has 2 atom stereocenters. The van der Waals surface area contributed by atoms with Gasteiger partial charge in [0.2, 0.25) is 5.91 Å². The van der Waals surface area contributed by atoms with Crippen LogP contribution >= 0.6 is 11.6 Å². The maximum absolute atomic E-state index is 13.5. The van der Waals surface area contributed by atoms with Gasteiger partial charge in [-0.25, -0.2) is 0 Å². The smallest absolute Gasteiger partial charge is 0.257 e. The molecule has 0 N–H and O–H groups in total. The van der Waals surface area contributed by atoms with E-state index < -0.39 is 0 Å². The van der Waals surface area contributed by atoms with E-state index in [1.54, 1.807) is 11.9 Å². The SMILES string of the molecule is CC1=C2c3cc(Cl)ccc3C3c4c(ccn4C(C)C)C(=O)N3C2CN(C)C1=O. The molecule has 144 valence electrons. The molecule has 2 unspecified atom stereocenters. The lowest BCUT2D eigenvalue weighted by atomic mass is 9.80. The molecule has 4 heterocycles. The number of benzene rings is 1. The van der Waals surface area contributed by atoms with Crippen molar-refractivity contribution < 1.29 is 9.59 Å². The van der Waals surface area contributed by atoms with E-state index in [-0.39, 0.29) is 29.9 Å². The average molecular weight is 396 g/mol. The second-order valence-corrected chi connectivity index (χ2v) is 8.64. The number of halogens is 1. The third-order valence-electron chi connectivity index (χ3n) is 6.30. The van der Waals surface area contributed by atoms with Gasteiger partial charge in [0.25, 0.3) is 5.91 Å². The first-order chi connectivity index (χ1) is 13.3. The van der Waals surface area contributed by atoms with Gasteiger partial charge in [-0.3, -0.25) is 9.59 Å². The van der Waals surface area contributed by atoms with E-state index >= 15 is 0 Å². The van der Waals surface area contributed by atoms with Gasteiger partial charge in [0.1, 0.15) is 0 Å². The van der Waals surface area contributed by atoms with Crippen LogP contribution in [0.2, 0.25) is 5.02 Å². The Morgan fingerprint density at radius 1 is 1.11 bits per heavy atom. The molecule has 3 aliphatic heterocycles. The van der Waals surface area contributed by atoms with Crippen molar-refractivity contribution in [3.05, 3.63) is 63.4 Å². The van der Waals surface area contributed by atoms with Gasteiger partial charge in [-0.15, -0.1) is 0 Å². The average Bonchev–Trinajstić information content (AvgIpc) is 3.19. The molecule has 3 aliphatic rings. The summed E-state index contributed by atoms with van der Waals surface area (Å²) in [7, 11) is 1.80. The van der Waals surface area contributed by atoms with Crippen LogP contribution < -0.4 is 0 Å². The minimum atomic E-state index is -0.167. The zero-order chi connectivity index (χ0) is 19.9. The Hall–Kier alpha value is -2.53. The third kappa shape index (κ3) is 2.08. The second kappa shape index (κ2) is 5.74. The molecule has 28 heavy (non-hydrogen) atoms. The Labute approximate surface area is 169 Å². The summed E-state index contributed by atoms with van der Waals surface area (Å²) in [4.78, 5) is 29.8. The van der Waals surface area contributed by atoms with E-state index in [4.69, 9.17) is 11.6 Å². The lowest BCUT2D eigenvalue weighted by Gasteiger charge is -2.46. The van der Waals surface area contributed by atoms with Crippen molar-refractivity contribution in [1.82, 2.24) is 14.4 Å². The highest BCUT2D eigenvalue weighted by molar-refractivity contribution is 6.30. The quantitative estimate of drug-likeness (QED) is 0.735. The van der Waals surface area contributed by atoms with Crippen LogP contribution in [0.5, 0.6) is 0 Å². The number of hydrogen-bond acceptors (Lipinski definition) is 2. The highest BCUT2D eigenvalue weighted by atomic mass is 35.5. The summed E-state index contributed by atoms with van der Waals surface area (Å²) in [5, 5.41) is 0.640. The summed E-state index contributed by atoms with van der Waals surface area (Å²) >= 11 is 6.35. The number of amides is 2. The van der Waals surface area contributed by atoms with E-state index in [1.807, 2.05) is 42.3 Å². The van der Waals surface area contributed by atoms with Crippen LogP contribution in [0.4, 0.5) is 0 Å². The summed E-state index contributed by atoms with van der Waals surface area (Å²) < 4.78 is 2.19. The number of carbonyl (C=O) groups excluding carboxylic acids is 2. The highest BCUT2D eigenvalue weighted by Crippen LogP contribution is 2.51. The first-order valence-electron chi connectivity index (χ1n) is 9.60. The molecular weight excluding hydrogens is 374 g/mol.